The van der Waals surface area contributed by atoms with E-state index in [9.17, 15) is 0 Å². The Morgan fingerprint density at radius 3 is 0.974 bits per heavy atom. The molecule has 0 aromatic heterocycles. The fourth-order valence-corrected chi connectivity index (χ4v) is 23.4. The Balaban J connectivity index is 2.58. The van der Waals surface area contributed by atoms with E-state index in [1.165, 1.54) is 67.1 Å². The van der Waals surface area contributed by atoms with Crippen molar-refractivity contribution in [1.82, 2.24) is 0 Å². The predicted octanol–water partition coefficient (Wildman–Crippen LogP) is 10.0. The summed E-state index contributed by atoms with van der Waals surface area (Å²) in [6, 6.07) is 14.1. The number of hydrogen-bond donors (Lipinski definition) is 0. The summed E-state index contributed by atoms with van der Waals surface area (Å²) in [6.45, 7) is 35.4. The molecule has 3 aromatic carbocycles. The molecule has 210 valence electrons. The molecule has 3 nitrogen and oxygen atoms in total. The average molecular weight is 619 g/mol. The first-order chi connectivity index (χ1) is 17.8. The fourth-order valence-electron chi connectivity index (χ4n) is 6.17. The molecule has 6 heteroatoms. The van der Waals surface area contributed by atoms with Crippen LogP contribution in [-0.2, 0) is 0 Å². The molecule has 0 N–H and O–H groups in total. The van der Waals surface area contributed by atoms with Crippen LogP contribution < -0.4 is 7.05 Å². The van der Waals surface area contributed by atoms with Gasteiger partial charge in [0.25, 0.3) is 0 Å². The zero-order valence-corrected chi connectivity index (χ0v) is 31.4. The van der Waals surface area contributed by atoms with E-state index in [0.717, 1.165) is 0 Å². The Morgan fingerprint density at radius 1 is 0.462 bits per heavy atom. The van der Waals surface area contributed by atoms with Crippen LogP contribution in [0.1, 0.15) is 50.1 Å². The predicted molar refractivity (Wildman–Crippen MR) is 181 cm³/mol. The van der Waals surface area contributed by atoms with Crippen molar-refractivity contribution in [1.29, 1.82) is 0 Å². The molecule has 39 heavy (non-hydrogen) atoms. The van der Waals surface area contributed by atoms with Crippen LogP contribution in [-0.4, -0.2) is 31.1 Å². The van der Waals surface area contributed by atoms with E-state index in [1.54, 1.807) is 0 Å². The van der Waals surface area contributed by atoms with Crippen LogP contribution in [0.15, 0.2) is 40.3 Å². The van der Waals surface area contributed by atoms with Gasteiger partial charge in [-0.25, -0.2) is 0 Å². The summed E-state index contributed by atoms with van der Waals surface area (Å²) in [4.78, 5) is 0. The first-order valence-electron chi connectivity index (χ1n) is 14.3. The van der Waals surface area contributed by atoms with Crippen molar-refractivity contribution >= 4 is 48.1 Å². The molecule has 0 amide bonds. The topological polar surface area (TPSA) is 18.8 Å². The number of hydrogen-bond acceptors (Lipinski definition) is 1. The van der Waals surface area contributed by atoms with Gasteiger partial charge in [0, 0.05) is 0 Å². The molecule has 0 spiro atoms. The molecule has 0 radical (unpaired) electrons. The summed E-state index contributed by atoms with van der Waals surface area (Å²) >= 11 is -2.60. The van der Waals surface area contributed by atoms with Gasteiger partial charge in [-0.1, -0.05) is 0 Å². The van der Waals surface area contributed by atoms with Gasteiger partial charge in [-0.3, -0.25) is 0 Å². The molecule has 3 aromatic rings. The van der Waals surface area contributed by atoms with Crippen molar-refractivity contribution in [2.45, 2.75) is 102 Å². The summed E-state index contributed by atoms with van der Waals surface area (Å²) in [6.07, 6.45) is 0. The van der Waals surface area contributed by atoms with E-state index in [2.05, 4.69) is 145 Å². The number of rotatable bonds is 7. The van der Waals surface area contributed by atoms with Crippen LogP contribution in [0.5, 0.6) is 0 Å². The molecule has 0 atom stereocenters. The Bertz CT molecular complexity index is 1280. The van der Waals surface area contributed by atoms with Crippen molar-refractivity contribution in [3.63, 3.8) is 0 Å². The van der Waals surface area contributed by atoms with Gasteiger partial charge in [-0.2, -0.15) is 0 Å². The van der Waals surface area contributed by atoms with Gasteiger partial charge in [-0.15, -0.1) is 0 Å². The third kappa shape index (κ3) is 6.86. The molecule has 0 unspecified atom stereocenters. The van der Waals surface area contributed by atoms with Crippen molar-refractivity contribution in [2.24, 2.45) is 3.90 Å². The summed E-state index contributed by atoms with van der Waals surface area (Å²) in [7, 11) is -3.79. The summed E-state index contributed by atoms with van der Waals surface area (Å²) < 4.78 is 11.8. The molecule has 0 aliphatic carbocycles. The van der Waals surface area contributed by atoms with Gasteiger partial charge in [0.1, 0.15) is 0 Å². The summed E-state index contributed by atoms with van der Waals surface area (Å²) in [5.74, 6) is 0. The van der Waals surface area contributed by atoms with Gasteiger partial charge in [0.05, 0.1) is 0 Å². The molecular weight excluding hydrogens is 567 g/mol. The zero-order valence-electron chi connectivity index (χ0n) is 27.3. The van der Waals surface area contributed by atoms with Gasteiger partial charge in [0.2, 0.25) is 0 Å². The van der Waals surface area contributed by atoms with Crippen LogP contribution in [0.4, 0.5) is 17.1 Å². The molecule has 3 rings (SSSR count). The van der Waals surface area contributed by atoms with E-state index >= 15 is 0 Å². The summed E-state index contributed by atoms with van der Waals surface area (Å²) in [5.41, 5.74) is 16.1. The standard InChI is InChI=1S/C33H51GeN3Si2/c1-22-16-25(4)31(26(5)17-22)35-34(36(38(10,11)12)32-27(6)18-23(2)19-28(32)7)37(39(13,14)15)33-29(8)20-24(3)21-30(33)9/h16-21H,1-15H3. The van der Waals surface area contributed by atoms with E-state index < -0.39 is 31.1 Å². The van der Waals surface area contributed by atoms with Gasteiger partial charge >= 0.3 is 247 Å². The summed E-state index contributed by atoms with van der Waals surface area (Å²) in [5, 5.41) is 0. The average Bonchev–Trinajstić information content (AvgIpc) is 2.72. The number of nitrogens with zero attached hydrogens (tertiary/aromatic N) is 3. The molecule has 0 saturated heterocycles. The van der Waals surface area contributed by atoms with E-state index in [1.807, 2.05) is 0 Å². The fraction of sp³-hybridized carbons (Fsp3) is 0.455. The van der Waals surface area contributed by atoms with Gasteiger partial charge in [-0.05, 0) is 0 Å². The van der Waals surface area contributed by atoms with Crippen LogP contribution in [0, 0.1) is 62.3 Å². The second-order valence-electron chi connectivity index (χ2n) is 13.7. The quantitative estimate of drug-likeness (QED) is 0.246. The third-order valence-electron chi connectivity index (χ3n) is 7.31. The molecular formula is C33H51GeN3Si2. The Labute approximate surface area is 246 Å². The molecule has 0 fully saturated rings. The second kappa shape index (κ2) is 11.5. The minimum atomic E-state index is -2.60. The Kier molecular flexibility index (Phi) is 9.30. The Hall–Kier alpha value is -1.96. The normalized spacial score (nSPS) is 12.0. The monoisotopic (exact) mass is 619 g/mol. The number of anilines is 2. The SMILES string of the molecule is Cc1cc(C)c([N]=[Ge]([N](c2c(C)cc(C)cc2C)[Si](C)(C)C)[N](c2c(C)cc(C)cc2C)[Si](C)(C)C)c(C)c1. The maximum absolute atomic E-state index is 5.98. The van der Waals surface area contributed by atoms with Gasteiger partial charge in [0.15, 0.2) is 0 Å². The van der Waals surface area contributed by atoms with Crippen molar-refractivity contribution in [3.8, 4) is 0 Å². The van der Waals surface area contributed by atoms with Crippen molar-refractivity contribution in [2.75, 3.05) is 7.05 Å². The number of aryl methyl sites for hydroxylation is 9. The molecule has 0 aliphatic rings. The molecule has 0 aliphatic heterocycles. The first-order valence-corrected chi connectivity index (χ1v) is 24.0. The molecule has 0 bridgehead atoms. The van der Waals surface area contributed by atoms with Crippen LogP contribution >= 0.6 is 0 Å². The van der Waals surface area contributed by atoms with E-state index in [-0.39, 0.29) is 0 Å². The van der Waals surface area contributed by atoms with Crippen LogP contribution in [0.25, 0.3) is 0 Å². The molecule has 0 saturated carbocycles. The minimum absolute atomic E-state index is 1.20. The van der Waals surface area contributed by atoms with Crippen molar-refractivity contribution < 1.29 is 0 Å². The van der Waals surface area contributed by atoms with Gasteiger partial charge < -0.3 is 0 Å². The first kappa shape index (κ1) is 31.6. The second-order valence-corrected chi connectivity index (χ2v) is 28.7. The van der Waals surface area contributed by atoms with Crippen molar-refractivity contribution in [3.05, 3.63) is 86.5 Å². The zero-order chi connectivity index (χ0) is 29.6. The molecule has 0 heterocycles. The third-order valence-corrected chi connectivity index (χ3v) is 24.5. The van der Waals surface area contributed by atoms with Crippen LogP contribution in [0.3, 0.4) is 0 Å². The van der Waals surface area contributed by atoms with Crippen LogP contribution in [0.2, 0.25) is 39.3 Å². The van der Waals surface area contributed by atoms with E-state index in [0.29, 0.717) is 0 Å². The maximum atomic E-state index is 5.98. The van der Waals surface area contributed by atoms with E-state index in [4.69, 9.17) is 3.90 Å². The number of benzene rings is 3. The Morgan fingerprint density at radius 2 is 0.718 bits per heavy atom.